The van der Waals surface area contributed by atoms with Crippen molar-refractivity contribution in [2.24, 2.45) is 0 Å². The van der Waals surface area contributed by atoms with Gasteiger partial charge in [-0.1, -0.05) is 0 Å². The topological polar surface area (TPSA) is 135 Å². The van der Waals surface area contributed by atoms with Gasteiger partial charge in [-0.05, 0) is 54.2 Å². The standard InChI is InChI=1S/C17H24BrClN6O4/c1-10(22-16-13(18)9-21-17(19)24-16)3-8-29-15(20)14(25(26)27)11(2)23-12-4-6-28-7-5-12/h9-10,12,20,23H,3-8H2,1-2H3,(H,21,22,24)/b14-11+,20-15?. The zero-order valence-corrected chi connectivity index (χ0v) is 18.5. The third kappa shape index (κ3) is 7.41. The van der Waals surface area contributed by atoms with Crippen LogP contribution < -0.4 is 10.6 Å². The second kappa shape index (κ2) is 11.3. The van der Waals surface area contributed by atoms with Crippen LogP contribution in [0.25, 0.3) is 0 Å². The molecule has 1 aromatic heterocycles. The predicted octanol–water partition coefficient (Wildman–Crippen LogP) is 3.35. The van der Waals surface area contributed by atoms with Crippen LogP contribution in [0.4, 0.5) is 5.82 Å². The van der Waals surface area contributed by atoms with Gasteiger partial charge in [0.25, 0.3) is 5.90 Å². The van der Waals surface area contributed by atoms with Gasteiger partial charge < -0.3 is 20.1 Å². The van der Waals surface area contributed by atoms with E-state index >= 15 is 0 Å². The lowest BCUT2D eigenvalue weighted by Gasteiger charge is -2.24. The number of hydrogen-bond acceptors (Lipinski definition) is 9. The molecule has 29 heavy (non-hydrogen) atoms. The van der Waals surface area contributed by atoms with Gasteiger partial charge in [0, 0.05) is 37.9 Å². The molecule has 12 heteroatoms. The minimum atomic E-state index is -0.592. The Kier molecular flexibility index (Phi) is 9.05. The Morgan fingerprint density at radius 1 is 1.55 bits per heavy atom. The highest BCUT2D eigenvalue weighted by molar-refractivity contribution is 9.10. The number of ether oxygens (including phenoxy) is 2. The van der Waals surface area contributed by atoms with Crippen molar-refractivity contribution in [1.29, 1.82) is 5.41 Å². The molecule has 0 spiro atoms. The number of allylic oxidation sites excluding steroid dienone is 1. The number of nitro groups is 1. The Morgan fingerprint density at radius 2 is 2.24 bits per heavy atom. The number of halogens is 2. The molecule has 0 amide bonds. The molecule has 0 radical (unpaired) electrons. The molecule has 0 aromatic carbocycles. The molecular weight excluding hydrogens is 468 g/mol. The summed E-state index contributed by atoms with van der Waals surface area (Å²) in [6.45, 7) is 4.85. The molecule has 160 valence electrons. The smallest absolute Gasteiger partial charge is 0.348 e. The Balaban J connectivity index is 1.88. The first-order valence-electron chi connectivity index (χ1n) is 9.13. The van der Waals surface area contributed by atoms with Crippen LogP contribution in [0.1, 0.15) is 33.1 Å². The molecule has 0 bridgehead atoms. The van der Waals surface area contributed by atoms with E-state index in [4.69, 9.17) is 26.5 Å². The maximum absolute atomic E-state index is 11.4. The van der Waals surface area contributed by atoms with Crippen molar-refractivity contribution in [3.05, 3.63) is 37.5 Å². The molecule has 0 aliphatic carbocycles. The van der Waals surface area contributed by atoms with Gasteiger partial charge >= 0.3 is 5.70 Å². The van der Waals surface area contributed by atoms with Crippen molar-refractivity contribution < 1.29 is 14.4 Å². The van der Waals surface area contributed by atoms with Crippen LogP contribution in [0.5, 0.6) is 0 Å². The lowest BCUT2D eigenvalue weighted by atomic mass is 10.1. The van der Waals surface area contributed by atoms with Crippen LogP contribution in [0.2, 0.25) is 5.28 Å². The van der Waals surface area contributed by atoms with E-state index in [-0.39, 0.29) is 29.7 Å². The van der Waals surface area contributed by atoms with Gasteiger partial charge in [0.05, 0.1) is 21.7 Å². The number of nitrogens with zero attached hydrogens (tertiary/aromatic N) is 3. The van der Waals surface area contributed by atoms with Crippen LogP contribution in [0.15, 0.2) is 22.1 Å². The number of aromatic nitrogens is 2. The van der Waals surface area contributed by atoms with Gasteiger partial charge in [0.15, 0.2) is 0 Å². The SMILES string of the molecule is C/C(NC1CCOCC1)=C(/C(=N)OCCC(C)Nc1nc(Cl)ncc1Br)[N+](=O)[O-]. The highest BCUT2D eigenvalue weighted by Crippen LogP contribution is 2.21. The third-order valence-corrected chi connectivity index (χ3v) is 5.05. The summed E-state index contributed by atoms with van der Waals surface area (Å²) in [4.78, 5) is 18.8. The number of rotatable bonds is 9. The van der Waals surface area contributed by atoms with E-state index in [1.54, 1.807) is 13.1 Å². The van der Waals surface area contributed by atoms with Crippen LogP contribution in [-0.4, -0.2) is 52.7 Å². The molecular formula is C17H24BrClN6O4. The van der Waals surface area contributed by atoms with E-state index in [0.29, 0.717) is 35.6 Å². The van der Waals surface area contributed by atoms with Crippen molar-refractivity contribution >= 4 is 39.2 Å². The average Bonchev–Trinajstić information content (AvgIpc) is 2.65. The Morgan fingerprint density at radius 3 is 2.90 bits per heavy atom. The van der Waals surface area contributed by atoms with E-state index in [2.05, 4.69) is 36.5 Å². The molecule has 10 nitrogen and oxygen atoms in total. The summed E-state index contributed by atoms with van der Waals surface area (Å²) >= 11 is 9.13. The quantitative estimate of drug-likeness (QED) is 0.157. The van der Waals surface area contributed by atoms with E-state index in [9.17, 15) is 10.1 Å². The first kappa shape index (κ1) is 23.3. The zero-order chi connectivity index (χ0) is 21.4. The molecule has 1 atom stereocenters. The van der Waals surface area contributed by atoms with Crippen molar-refractivity contribution in [3.63, 3.8) is 0 Å². The monoisotopic (exact) mass is 490 g/mol. The van der Waals surface area contributed by atoms with Gasteiger partial charge in [-0.2, -0.15) is 4.98 Å². The maximum atomic E-state index is 11.4. The van der Waals surface area contributed by atoms with Gasteiger partial charge in [0.1, 0.15) is 5.82 Å². The molecule has 1 aromatic rings. The third-order valence-electron chi connectivity index (χ3n) is 4.29. The van der Waals surface area contributed by atoms with Crippen molar-refractivity contribution in [3.8, 4) is 0 Å². The molecule has 2 heterocycles. The van der Waals surface area contributed by atoms with E-state index in [1.165, 1.54) is 0 Å². The average molecular weight is 492 g/mol. The Labute approximate surface area is 182 Å². The number of nitrogens with one attached hydrogen (secondary N) is 3. The van der Waals surface area contributed by atoms with E-state index < -0.39 is 10.8 Å². The summed E-state index contributed by atoms with van der Waals surface area (Å²) in [7, 11) is 0. The molecule has 2 rings (SSSR count). The summed E-state index contributed by atoms with van der Waals surface area (Å²) in [5, 5.41) is 25.8. The molecule has 1 unspecified atom stereocenters. The van der Waals surface area contributed by atoms with Crippen molar-refractivity contribution in [2.75, 3.05) is 25.1 Å². The molecule has 3 N–H and O–H groups in total. The highest BCUT2D eigenvalue weighted by atomic mass is 79.9. The first-order valence-corrected chi connectivity index (χ1v) is 10.3. The fourth-order valence-corrected chi connectivity index (χ4v) is 3.20. The first-order chi connectivity index (χ1) is 13.8. The number of hydrogen-bond donors (Lipinski definition) is 3. The minimum Gasteiger partial charge on any atom is -0.473 e. The van der Waals surface area contributed by atoms with Crippen LogP contribution in [-0.2, 0) is 9.47 Å². The summed E-state index contributed by atoms with van der Waals surface area (Å²) in [6.07, 6.45) is 3.57. The molecule has 1 aliphatic heterocycles. The fourth-order valence-electron chi connectivity index (χ4n) is 2.77. The van der Waals surface area contributed by atoms with Gasteiger partial charge in [-0.3, -0.25) is 15.5 Å². The lowest BCUT2D eigenvalue weighted by molar-refractivity contribution is -0.418. The summed E-state index contributed by atoms with van der Waals surface area (Å²) < 4.78 is 11.3. The highest BCUT2D eigenvalue weighted by Gasteiger charge is 2.26. The summed E-state index contributed by atoms with van der Waals surface area (Å²) in [6, 6.07) is 0.0171. The normalized spacial score (nSPS) is 16.6. The van der Waals surface area contributed by atoms with Crippen molar-refractivity contribution in [1.82, 2.24) is 15.3 Å². The molecule has 1 aliphatic rings. The van der Waals surface area contributed by atoms with Crippen LogP contribution in [0.3, 0.4) is 0 Å². The molecule has 0 saturated carbocycles. The summed E-state index contributed by atoms with van der Waals surface area (Å²) in [5.74, 6) is 0.0699. The second-order valence-electron chi connectivity index (χ2n) is 6.61. The largest absolute Gasteiger partial charge is 0.473 e. The molecule has 1 fully saturated rings. The van der Waals surface area contributed by atoms with E-state index in [0.717, 1.165) is 12.8 Å². The second-order valence-corrected chi connectivity index (χ2v) is 7.80. The molecule has 1 saturated heterocycles. The van der Waals surface area contributed by atoms with Gasteiger partial charge in [0.2, 0.25) is 5.28 Å². The van der Waals surface area contributed by atoms with Crippen molar-refractivity contribution in [2.45, 2.75) is 45.2 Å². The zero-order valence-electron chi connectivity index (χ0n) is 16.2. The predicted molar refractivity (Wildman–Crippen MR) is 113 cm³/mol. The fraction of sp³-hybridized carbons (Fsp3) is 0.588. The van der Waals surface area contributed by atoms with Crippen LogP contribution in [0, 0.1) is 15.5 Å². The van der Waals surface area contributed by atoms with E-state index in [1.807, 2.05) is 6.92 Å². The summed E-state index contributed by atoms with van der Waals surface area (Å²) in [5.41, 5.74) is -0.0416. The lowest BCUT2D eigenvalue weighted by Crippen LogP contribution is -2.35. The van der Waals surface area contributed by atoms with Gasteiger partial charge in [-0.25, -0.2) is 4.98 Å². The van der Waals surface area contributed by atoms with Crippen LogP contribution >= 0.6 is 27.5 Å². The maximum Gasteiger partial charge on any atom is 0.348 e. The van der Waals surface area contributed by atoms with Gasteiger partial charge in [-0.15, -0.1) is 0 Å². The number of anilines is 1. The Bertz CT molecular complexity index is 772. The Hall–Kier alpha value is -1.98. The minimum absolute atomic E-state index is 0.0745.